The minimum atomic E-state index is -4.55. The predicted molar refractivity (Wildman–Crippen MR) is 158 cm³/mol. The Morgan fingerprint density at radius 2 is 1.79 bits per heavy atom. The molecule has 226 valence electrons. The van der Waals surface area contributed by atoms with Crippen LogP contribution in [0.15, 0.2) is 60.9 Å². The van der Waals surface area contributed by atoms with Crippen molar-refractivity contribution in [1.82, 2.24) is 29.7 Å². The van der Waals surface area contributed by atoms with Crippen molar-refractivity contribution in [1.29, 1.82) is 0 Å². The number of piperazine rings is 1. The number of aryl methyl sites for hydroxylation is 2. The Hall–Kier alpha value is -4.53. The van der Waals surface area contributed by atoms with Gasteiger partial charge in [0.25, 0.3) is 5.91 Å². The lowest BCUT2D eigenvalue weighted by atomic mass is 10.1. The SMILES string of the molecule is Cc1cc(Nc2cc(NC(=O)c3cccc(C(F)(F)F)c3)ccc2C)n(-c2cc(NCCN3CCN([O-])CC3)ncn2)n1. The minimum absolute atomic E-state index is 0.100. The molecule has 0 bridgehead atoms. The average Bonchev–Trinajstić information content (AvgIpc) is 3.35. The van der Waals surface area contributed by atoms with E-state index in [9.17, 15) is 23.2 Å². The van der Waals surface area contributed by atoms with Gasteiger partial charge < -0.3 is 26.2 Å². The van der Waals surface area contributed by atoms with Gasteiger partial charge in [-0.1, -0.05) is 12.1 Å². The zero-order chi connectivity index (χ0) is 30.6. The topological polar surface area (TPSA) is 126 Å². The van der Waals surface area contributed by atoms with E-state index < -0.39 is 17.6 Å². The third-order valence-electron chi connectivity index (χ3n) is 6.98. The maximum absolute atomic E-state index is 13.1. The van der Waals surface area contributed by atoms with Gasteiger partial charge in [-0.25, -0.2) is 9.97 Å². The summed E-state index contributed by atoms with van der Waals surface area (Å²) in [6.45, 7) is 7.65. The Bertz CT molecular complexity index is 1580. The lowest BCUT2D eigenvalue weighted by molar-refractivity contribution is -0.137. The number of hydroxylamine groups is 2. The summed E-state index contributed by atoms with van der Waals surface area (Å²) in [7, 11) is 0. The molecule has 0 atom stereocenters. The molecule has 2 aromatic heterocycles. The van der Waals surface area contributed by atoms with Crippen molar-refractivity contribution < 1.29 is 18.0 Å². The molecule has 1 amide bonds. The van der Waals surface area contributed by atoms with E-state index in [1.165, 1.54) is 18.5 Å². The van der Waals surface area contributed by atoms with Crippen LogP contribution in [0.25, 0.3) is 5.82 Å². The van der Waals surface area contributed by atoms with Crippen LogP contribution >= 0.6 is 0 Å². The van der Waals surface area contributed by atoms with Gasteiger partial charge in [0.15, 0.2) is 5.82 Å². The Labute approximate surface area is 246 Å². The number of aromatic nitrogens is 4. The lowest BCUT2D eigenvalue weighted by Gasteiger charge is -2.38. The number of nitrogens with zero attached hydrogens (tertiary/aromatic N) is 6. The van der Waals surface area contributed by atoms with Crippen molar-refractivity contribution in [3.63, 3.8) is 0 Å². The molecule has 0 unspecified atom stereocenters. The maximum atomic E-state index is 13.1. The van der Waals surface area contributed by atoms with Gasteiger partial charge in [0.2, 0.25) is 0 Å². The second kappa shape index (κ2) is 12.8. The van der Waals surface area contributed by atoms with Crippen molar-refractivity contribution >= 4 is 28.9 Å². The maximum Gasteiger partial charge on any atom is 0.416 e. The van der Waals surface area contributed by atoms with E-state index >= 15 is 0 Å². The summed E-state index contributed by atoms with van der Waals surface area (Å²) < 4.78 is 41.0. The molecule has 2 aromatic carbocycles. The third kappa shape index (κ3) is 7.66. The molecule has 0 radical (unpaired) electrons. The zero-order valence-corrected chi connectivity index (χ0v) is 23.6. The van der Waals surface area contributed by atoms with Gasteiger partial charge >= 0.3 is 6.18 Å². The fourth-order valence-electron chi connectivity index (χ4n) is 4.63. The van der Waals surface area contributed by atoms with Crippen LogP contribution < -0.4 is 16.0 Å². The second-order valence-corrected chi connectivity index (χ2v) is 10.2. The van der Waals surface area contributed by atoms with Gasteiger partial charge in [0.05, 0.1) is 11.3 Å². The van der Waals surface area contributed by atoms with Gasteiger partial charge in [-0.2, -0.15) is 23.0 Å². The molecule has 43 heavy (non-hydrogen) atoms. The summed E-state index contributed by atoms with van der Waals surface area (Å²) in [6.07, 6.45) is -3.10. The van der Waals surface area contributed by atoms with Crippen molar-refractivity contribution in [3.8, 4) is 5.82 Å². The molecule has 0 aliphatic carbocycles. The van der Waals surface area contributed by atoms with Crippen molar-refractivity contribution in [3.05, 3.63) is 88.5 Å². The Kier molecular flexibility index (Phi) is 8.89. The number of nitrogens with one attached hydrogen (secondary N) is 3. The molecule has 0 saturated carbocycles. The van der Waals surface area contributed by atoms with E-state index in [2.05, 4.69) is 35.9 Å². The summed E-state index contributed by atoms with van der Waals surface area (Å²) >= 11 is 0. The first-order chi connectivity index (χ1) is 20.5. The first-order valence-electron chi connectivity index (χ1n) is 13.7. The molecule has 0 spiro atoms. The number of carbonyl (C=O) groups is 1. The molecule has 5 rings (SSSR count). The van der Waals surface area contributed by atoms with E-state index in [-0.39, 0.29) is 5.56 Å². The number of carbonyl (C=O) groups excluding carboxylic acids is 1. The number of halogens is 3. The number of alkyl halides is 3. The quantitative estimate of drug-likeness (QED) is 0.250. The summed E-state index contributed by atoms with van der Waals surface area (Å²) in [6, 6.07) is 13.1. The van der Waals surface area contributed by atoms with Crippen LogP contribution in [0, 0.1) is 19.1 Å². The van der Waals surface area contributed by atoms with Crippen LogP contribution in [-0.2, 0) is 6.18 Å². The number of benzene rings is 2. The van der Waals surface area contributed by atoms with Crippen LogP contribution in [0.4, 0.5) is 36.2 Å². The zero-order valence-electron chi connectivity index (χ0n) is 23.6. The predicted octanol–water partition coefficient (Wildman–Crippen LogP) is 4.82. The summed E-state index contributed by atoms with van der Waals surface area (Å²) in [5, 5.41) is 26.4. The van der Waals surface area contributed by atoms with Crippen LogP contribution in [0.1, 0.15) is 27.2 Å². The molecular formula is C29H31F3N9O2-. The number of rotatable bonds is 9. The van der Waals surface area contributed by atoms with Crippen molar-refractivity contribution in [2.75, 3.05) is 55.2 Å². The van der Waals surface area contributed by atoms with E-state index in [1.807, 2.05) is 19.9 Å². The highest BCUT2D eigenvalue weighted by Gasteiger charge is 2.31. The molecule has 1 aliphatic heterocycles. The van der Waals surface area contributed by atoms with Gasteiger partial charge in [-0.15, -0.1) is 0 Å². The fraction of sp³-hybridized carbons (Fsp3) is 0.310. The first-order valence-corrected chi connectivity index (χ1v) is 13.7. The number of hydrogen-bond donors (Lipinski definition) is 3. The Balaban J connectivity index is 1.28. The largest absolute Gasteiger partial charge is 0.785 e. The number of amides is 1. The van der Waals surface area contributed by atoms with Crippen molar-refractivity contribution in [2.45, 2.75) is 20.0 Å². The van der Waals surface area contributed by atoms with E-state index in [0.29, 0.717) is 48.5 Å². The average molecular weight is 595 g/mol. The fourth-order valence-corrected chi connectivity index (χ4v) is 4.63. The van der Waals surface area contributed by atoms with Crippen LogP contribution in [0.3, 0.4) is 0 Å². The summed E-state index contributed by atoms with van der Waals surface area (Å²) in [5.41, 5.74) is 1.68. The highest BCUT2D eigenvalue weighted by Crippen LogP contribution is 2.30. The molecule has 4 aromatic rings. The monoisotopic (exact) mass is 594 g/mol. The van der Waals surface area contributed by atoms with E-state index in [0.717, 1.165) is 48.1 Å². The van der Waals surface area contributed by atoms with Crippen LogP contribution in [0.5, 0.6) is 0 Å². The Morgan fingerprint density at radius 1 is 1.00 bits per heavy atom. The molecule has 11 nitrogen and oxygen atoms in total. The molecule has 1 saturated heterocycles. The minimum Gasteiger partial charge on any atom is -0.785 e. The highest BCUT2D eigenvalue weighted by atomic mass is 19.4. The smallest absolute Gasteiger partial charge is 0.416 e. The number of anilines is 4. The standard InChI is InChI=1S/C29H31F3N9O2/c1-19-6-7-23(36-28(42)21-4-3-5-22(15-21)29(30,31)32)16-24(19)37-27-14-20(2)38-41(27)26-17-25(34-18-35-26)33-8-9-39-10-12-40(43)13-11-39/h3-7,14-18,37H,8-13H2,1-2H3,(H,36,42)(H,33,34,35)/q-1. The van der Waals surface area contributed by atoms with E-state index in [4.69, 9.17) is 0 Å². The number of hydrogen-bond acceptors (Lipinski definition) is 9. The normalized spacial score (nSPS) is 14.5. The Morgan fingerprint density at radius 3 is 2.56 bits per heavy atom. The third-order valence-corrected chi connectivity index (χ3v) is 6.98. The summed E-state index contributed by atoms with van der Waals surface area (Å²) in [4.78, 5) is 23.7. The van der Waals surface area contributed by atoms with Gasteiger partial charge in [-0.3, -0.25) is 9.69 Å². The molecule has 1 aliphatic rings. The van der Waals surface area contributed by atoms with Crippen molar-refractivity contribution in [2.24, 2.45) is 0 Å². The van der Waals surface area contributed by atoms with Gasteiger partial charge in [-0.05, 0) is 62.8 Å². The first kappa shape index (κ1) is 29.9. The highest BCUT2D eigenvalue weighted by molar-refractivity contribution is 6.04. The second-order valence-electron chi connectivity index (χ2n) is 10.2. The molecule has 1 fully saturated rings. The van der Waals surface area contributed by atoms with Gasteiger partial charge in [0, 0.05) is 55.2 Å². The molecule has 3 heterocycles. The molecule has 14 heteroatoms. The van der Waals surface area contributed by atoms with Crippen LogP contribution in [0.2, 0.25) is 0 Å². The molecular weight excluding hydrogens is 563 g/mol. The van der Waals surface area contributed by atoms with E-state index in [1.54, 1.807) is 28.9 Å². The van der Waals surface area contributed by atoms with Crippen LogP contribution in [-0.4, -0.2) is 74.9 Å². The summed E-state index contributed by atoms with van der Waals surface area (Å²) in [5.74, 6) is 1.11. The van der Waals surface area contributed by atoms with Gasteiger partial charge in [0.1, 0.15) is 18.0 Å². The lowest BCUT2D eigenvalue weighted by Crippen LogP contribution is -2.45. The molecule has 3 N–H and O–H groups in total.